The Morgan fingerprint density at radius 2 is 1.52 bits per heavy atom. The molecule has 1 saturated heterocycles. The van der Waals surface area contributed by atoms with Gasteiger partial charge in [-0.1, -0.05) is 30.3 Å². The second-order valence-electron chi connectivity index (χ2n) is 7.55. The van der Waals surface area contributed by atoms with Gasteiger partial charge in [-0.25, -0.2) is 9.37 Å². The number of benzene rings is 2. The summed E-state index contributed by atoms with van der Waals surface area (Å²) in [6.45, 7) is 7.53. The molecule has 1 aliphatic rings. The molecule has 1 fully saturated rings. The summed E-state index contributed by atoms with van der Waals surface area (Å²) in [6, 6.07) is 19.2. The van der Waals surface area contributed by atoms with Gasteiger partial charge in [0.25, 0.3) is 0 Å². The van der Waals surface area contributed by atoms with Gasteiger partial charge >= 0.3 is 0 Å². The van der Waals surface area contributed by atoms with E-state index in [2.05, 4.69) is 41.1 Å². The molecule has 6 heteroatoms. The smallest absolute Gasteiger partial charge is 0.227 e. The fraction of sp³-hybridized carbons (Fsp3) is 0.304. The van der Waals surface area contributed by atoms with Gasteiger partial charge in [0.15, 0.2) is 0 Å². The lowest BCUT2D eigenvalue weighted by molar-refractivity contribution is 0.623. The monoisotopic (exact) mass is 391 g/mol. The van der Waals surface area contributed by atoms with Crippen molar-refractivity contribution < 1.29 is 4.39 Å². The summed E-state index contributed by atoms with van der Waals surface area (Å²) in [4.78, 5) is 14.1. The number of hydrogen-bond acceptors (Lipinski definition) is 5. The Kier molecular flexibility index (Phi) is 5.60. The van der Waals surface area contributed by atoms with Crippen LogP contribution in [0.5, 0.6) is 0 Å². The maximum Gasteiger partial charge on any atom is 0.227 e. The Morgan fingerprint density at radius 3 is 2.17 bits per heavy atom. The van der Waals surface area contributed by atoms with Gasteiger partial charge in [-0.2, -0.15) is 4.98 Å². The normalized spacial score (nSPS) is 14.3. The van der Waals surface area contributed by atoms with Gasteiger partial charge in [-0.15, -0.1) is 0 Å². The highest BCUT2D eigenvalue weighted by Gasteiger charge is 2.21. The van der Waals surface area contributed by atoms with E-state index in [1.165, 1.54) is 12.1 Å². The molecule has 0 spiro atoms. The van der Waals surface area contributed by atoms with E-state index in [9.17, 15) is 4.39 Å². The predicted molar refractivity (Wildman–Crippen MR) is 117 cm³/mol. The third-order valence-corrected chi connectivity index (χ3v) is 4.97. The number of hydrogen-bond donors (Lipinski definition) is 1. The van der Waals surface area contributed by atoms with E-state index in [0.29, 0.717) is 0 Å². The highest BCUT2D eigenvalue weighted by atomic mass is 19.1. The van der Waals surface area contributed by atoms with Crippen molar-refractivity contribution in [1.29, 1.82) is 0 Å². The first-order valence-corrected chi connectivity index (χ1v) is 10.0. The summed E-state index contributed by atoms with van der Waals surface area (Å²) in [5, 5.41) is 3.41. The Balaban J connectivity index is 1.55. The summed E-state index contributed by atoms with van der Waals surface area (Å²) >= 11 is 0. The molecule has 2 aromatic carbocycles. The van der Waals surface area contributed by atoms with E-state index in [4.69, 9.17) is 9.97 Å². The first kappa shape index (κ1) is 19.2. The van der Waals surface area contributed by atoms with Gasteiger partial charge < -0.3 is 15.1 Å². The summed E-state index contributed by atoms with van der Waals surface area (Å²) in [7, 11) is 0. The first-order chi connectivity index (χ1) is 14.1. The first-order valence-electron chi connectivity index (χ1n) is 10.0. The predicted octanol–water partition coefficient (Wildman–Crippen LogP) is 4.43. The number of aromatic nitrogens is 2. The molecule has 2 heterocycles. The average Bonchev–Trinajstić information content (AvgIpc) is 2.74. The minimum absolute atomic E-state index is 0.205. The topological polar surface area (TPSA) is 44.3 Å². The fourth-order valence-electron chi connectivity index (χ4n) is 3.52. The van der Waals surface area contributed by atoms with Crippen molar-refractivity contribution in [2.24, 2.45) is 0 Å². The molecular formula is C23H26FN5. The van der Waals surface area contributed by atoms with Gasteiger partial charge in [0.05, 0.1) is 5.69 Å². The summed E-state index contributed by atoms with van der Waals surface area (Å²) in [6.07, 6.45) is 0. The molecule has 3 aromatic rings. The van der Waals surface area contributed by atoms with Crippen LogP contribution in [0.3, 0.4) is 0 Å². The number of halogens is 1. The lowest BCUT2D eigenvalue weighted by Gasteiger charge is -2.36. The molecule has 0 unspecified atom stereocenters. The van der Waals surface area contributed by atoms with Gasteiger partial charge in [0.1, 0.15) is 11.6 Å². The van der Waals surface area contributed by atoms with Crippen molar-refractivity contribution in [3.05, 3.63) is 66.5 Å². The standard InChI is InChI=1S/C23H26FN5/c1-17(2)25-22-16-21(18-6-4-3-5-7-18)26-23(27-22)29-14-12-28(13-15-29)20-10-8-19(24)9-11-20/h3-11,16-17H,12-15H2,1-2H3,(H,25,26,27). The van der Waals surface area contributed by atoms with Crippen LogP contribution in [0.4, 0.5) is 21.8 Å². The van der Waals surface area contributed by atoms with Crippen LogP contribution >= 0.6 is 0 Å². The van der Waals surface area contributed by atoms with Crippen LogP contribution in [0.25, 0.3) is 11.3 Å². The second-order valence-corrected chi connectivity index (χ2v) is 7.55. The number of piperazine rings is 1. The Bertz CT molecular complexity index is 935. The van der Waals surface area contributed by atoms with E-state index in [-0.39, 0.29) is 11.9 Å². The van der Waals surface area contributed by atoms with Gasteiger partial charge in [0, 0.05) is 49.5 Å². The van der Waals surface area contributed by atoms with E-state index >= 15 is 0 Å². The second kappa shape index (κ2) is 8.47. The van der Waals surface area contributed by atoms with Crippen LogP contribution in [0, 0.1) is 5.82 Å². The molecule has 1 N–H and O–H groups in total. The molecule has 1 aromatic heterocycles. The number of rotatable bonds is 5. The Morgan fingerprint density at radius 1 is 0.862 bits per heavy atom. The maximum absolute atomic E-state index is 13.2. The SMILES string of the molecule is CC(C)Nc1cc(-c2ccccc2)nc(N2CCN(c3ccc(F)cc3)CC2)n1. The zero-order chi connectivity index (χ0) is 20.2. The van der Waals surface area contributed by atoms with Crippen molar-refractivity contribution in [3.8, 4) is 11.3 Å². The molecule has 150 valence electrons. The fourth-order valence-corrected chi connectivity index (χ4v) is 3.52. The zero-order valence-electron chi connectivity index (χ0n) is 16.8. The van der Waals surface area contributed by atoms with Crippen LogP contribution < -0.4 is 15.1 Å². The van der Waals surface area contributed by atoms with Crippen molar-refractivity contribution >= 4 is 17.5 Å². The molecule has 1 aliphatic heterocycles. The Hall–Kier alpha value is -3.15. The summed E-state index contributed by atoms with van der Waals surface area (Å²) in [5.74, 6) is 1.38. The van der Waals surface area contributed by atoms with Crippen LogP contribution in [-0.2, 0) is 0 Å². The van der Waals surface area contributed by atoms with E-state index in [1.807, 2.05) is 36.4 Å². The highest BCUT2D eigenvalue weighted by Crippen LogP contribution is 2.25. The highest BCUT2D eigenvalue weighted by molar-refractivity contribution is 5.65. The van der Waals surface area contributed by atoms with Gasteiger partial charge in [0.2, 0.25) is 5.95 Å². The van der Waals surface area contributed by atoms with Gasteiger partial charge in [-0.05, 0) is 38.1 Å². The largest absolute Gasteiger partial charge is 0.368 e. The zero-order valence-corrected chi connectivity index (χ0v) is 16.8. The van der Waals surface area contributed by atoms with E-state index < -0.39 is 0 Å². The van der Waals surface area contributed by atoms with Crippen LogP contribution in [0.15, 0.2) is 60.7 Å². The average molecular weight is 391 g/mol. The minimum atomic E-state index is -0.205. The lowest BCUT2D eigenvalue weighted by Crippen LogP contribution is -2.47. The quantitative estimate of drug-likeness (QED) is 0.697. The molecule has 0 atom stereocenters. The number of nitrogens with zero attached hydrogens (tertiary/aromatic N) is 4. The minimum Gasteiger partial charge on any atom is -0.368 e. The molecule has 4 rings (SSSR count). The van der Waals surface area contributed by atoms with Crippen molar-refractivity contribution in [1.82, 2.24) is 9.97 Å². The molecule has 0 bridgehead atoms. The molecule has 0 aliphatic carbocycles. The van der Waals surface area contributed by atoms with E-state index in [1.54, 1.807) is 0 Å². The van der Waals surface area contributed by atoms with Crippen molar-refractivity contribution in [2.75, 3.05) is 41.3 Å². The van der Waals surface area contributed by atoms with Crippen LogP contribution in [0.1, 0.15) is 13.8 Å². The molecule has 5 nitrogen and oxygen atoms in total. The number of anilines is 3. The lowest BCUT2D eigenvalue weighted by atomic mass is 10.1. The molecular weight excluding hydrogens is 365 g/mol. The van der Waals surface area contributed by atoms with Gasteiger partial charge in [-0.3, -0.25) is 0 Å². The van der Waals surface area contributed by atoms with E-state index in [0.717, 1.165) is 54.9 Å². The van der Waals surface area contributed by atoms with Crippen molar-refractivity contribution in [3.63, 3.8) is 0 Å². The maximum atomic E-state index is 13.2. The summed E-state index contributed by atoms with van der Waals surface area (Å²) in [5.41, 5.74) is 3.04. The third-order valence-electron chi connectivity index (χ3n) is 4.97. The molecule has 0 amide bonds. The van der Waals surface area contributed by atoms with Crippen molar-refractivity contribution in [2.45, 2.75) is 19.9 Å². The van der Waals surface area contributed by atoms with Crippen LogP contribution in [-0.4, -0.2) is 42.2 Å². The summed E-state index contributed by atoms with van der Waals surface area (Å²) < 4.78 is 13.2. The Labute approximate surface area is 171 Å². The third kappa shape index (κ3) is 4.65. The molecule has 29 heavy (non-hydrogen) atoms. The number of nitrogens with one attached hydrogen (secondary N) is 1. The molecule has 0 saturated carbocycles. The van der Waals surface area contributed by atoms with Crippen LogP contribution in [0.2, 0.25) is 0 Å². The molecule has 0 radical (unpaired) electrons.